The highest BCUT2D eigenvalue weighted by Gasteiger charge is 2.36. The lowest BCUT2D eigenvalue weighted by Gasteiger charge is -2.36. The Hall–Kier alpha value is -2.58. The van der Waals surface area contributed by atoms with Gasteiger partial charge in [-0.25, -0.2) is 8.42 Å². The third-order valence-electron chi connectivity index (χ3n) is 6.17. The van der Waals surface area contributed by atoms with Crippen LogP contribution in [0.2, 0.25) is 0 Å². The number of ether oxygens (including phenoxy) is 2. The lowest BCUT2D eigenvalue weighted by Crippen LogP contribution is -2.45. The number of nitrogens with zero attached hydrogens (tertiary/aromatic N) is 2. The van der Waals surface area contributed by atoms with Crippen molar-refractivity contribution in [1.29, 1.82) is 0 Å². The number of para-hydroxylation sites is 1. The van der Waals surface area contributed by atoms with Gasteiger partial charge < -0.3 is 14.4 Å². The Morgan fingerprint density at radius 3 is 2.32 bits per heavy atom. The van der Waals surface area contributed by atoms with Crippen molar-refractivity contribution >= 4 is 21.6 Å². The summed E-state index contributed by atoms with van der Waals surface area (Å²) in [5.74, 6) is 1.19. The molecule has 1 amide bonds. The Morgan fingerprint density at radius 1 is 0.968 bits per heavy atom. The molecule has 2 aliphatic heterocycles. The number of amides is 1. The minimum Gasteiger partial charge on any atom is -0.497 e. The third-order valence-corrected chi connectivity index (χ3v) is 8.08. The van der Waals surface area contributed by atoms with Crippen molar-refractivity contribution in [2.75, 3.05) is 38.8 Å². The van der Waals surface area contributed by atoms with Crippen LogP contribution in [-0.2, 0) is 21.2 Å². The number of sulfonamides is 1. The van der Waals surface area contributed by atoms with Crippen LogP contribution in [-0.4, -0.2) is 52.5 Å². The van der Waals surface area contributed by atoms with Gasteiger partial charge in [-0.2, -0.15) is 4.31 Å². The fraction of sp³-hybridized carbons (Fsp3) is 0.435. The average Bonchev–Trinajstić information content (AvgIpc) is 2.83. The molecule has 0 aliphatic carbocycles. The number of hydrogen-bond acceptors (Lipinski definition) is 5. The molecule has 0 atom stereocenters. The summed E-state index contributed by atoms with van der Waals surface area (Å²) in [4.78, 5) is 15.5. The first-order chi connectivity index (χ1) is 15.0. The largest absolute Gasteiger partial charge is 0.497 e. The smallest absolute Gasteiger partial charge is 0.243 e. The summed E-state index contributed by atoms with van der Waals surface area (Å²) in [6, 6.07) is 12.3. The van der Waals surface area contributed by atoms with E-state index < -0.39 is 10.0 Å². The molecule has 0 unspecified atom stereocenters. The molecule has 4 rings (SSSR count). The van der Waals surface area contributed by atoms with Crippen LogP contribution in [0, 0.1) is 5.92 Å². The summed E-state index contributed by atoms with van der Waals surface area (Å²) in [5, 5.41) is 0. The van der Waals surface area contributed by atoms with Crippen LogP contribution in [0.25, 0.3) is 0 Å². The predicted molar refractivity (Wildman–Crippen MR) is 118 cm³/mol. The van der Waals surface area contributed by atoms with Gasteiger partial charge in [0.15, 0.2) is 0 Å². The maximum absolute atomic E-state index is 13.4. The van der Waals surface area contributed by atoms with Crippen LogP contribution in [0.1, 0.15) is 24.8 Å². The zero-order valence-electron chi connectivity index (χ0n) is 17.9. The molecular formula is C23H28N2O5S. The quantitative estimate of drug-likeness (QED) is 0.708. The zero-order valence-corrected chi connectivity index (χ0v) is 18.7. The Morgan fingerprint density at radius 2 is 1.68 bits per heavy atom. The molecule has 0 aromatic heterocycles. The van der Waals surface area contributed by atoms with Gasteiger partial charge in [0.2, 0.25) is 15.9 Å². The van der Waals surface area contributed by atoms with Gasteiger partial charge >= 0.3 is 0 Å². The van der Waals surface area contributed by atoms with Crippen LogP contribution >= 0.6 is 0 Å². The molecular weight excluding hydrogens is 416 g/mol. The number of methoxy groups -OCH3 is 2. The standard InChI is InChI=1S/C23H28N2O5S/c1-29-19-8-10-20(11-9-19)31(27,28)24-15-12-18(13-16-24)23(26)25-14-4-6-17-5-3-7-21(30-2)22(17)25/h3,5,7-11,18H,4,6,12-16H2,1-2H3. The van der Waals surface area contributed by atoms with Crippen molar-refractivity contribution in [3.8, 4) is 11.5 Å². The van der Waals surface area contributed by atoms with Gasteiger partial charge in [-0.3, -0.25) is 4.79 Å². The molecule has 2 aliphatic rings. The number of benzene rings is 2. The maximum Gasteiger partial charge on any atom is 0.243 e. The van der Waals surface area contributed by atoms with Crippen LogP contribution in [0.5, 0.6) is 11.5 Å². The highest BCUT2D eigenvalue weighted by Crippen LogP contribution is 2.38. The molecule has 31 heavy (non-hydrogen) atoms. The molecule has 8 heteroatoms. The second kappa shape index (κ2) is 8.88. The molecule has 2 heterocycles. The van der Waals surface area contributed by atoms with Gasteiger partial charge in [-0.05, 0) is 61.6 Å². The number of carbonyl (C=O) groups is 1. The van der Waals surface area contributed by atoms with E-state index in [1.807, 2.05) is 23.1 Å². The average molecular weight is 445 g/mol. The highest BCUT2D eigenvalue weighted by atomic mass is 32.2. The lowest BCUT2D eigenvalue weighted by molar-refractivity contribution is -0.123. The molecule has 0 spiro atoms. The van der Waals surface area contributed by atoms with Crippen molar-refractivity contribution < 1.29 is 22.7 Å². The molecule has 166 valence electrons. The molecule has 1 fully saturated rings. The Labute approximate surface area is 183 Å². The normalized spacial score (nSPS) is 17.8. The predicted octanol–water partition coefficient (Wildman–Crippen LogP) is 3.08. The number of rotatable bonds is 5. The topological polar surface area (TPSA) is 76.2 Å². The van der Waals surface area contributed by atoms with Crippen LogP contribution < -0.4 is 14.4 Å². The number of hydrogen-bond donors (Lipinski definition) is 0. The van der Waals surface area contributed by atoms with Crippen molar-refractivity contribution in [2.24, 2.45) is 5.92 Å². The minimum atomic E-state index is -3.59. The summed E-state index contributed by atoms with van der Waals surface area (Å²) in [6.07, 6.45) is 2.86. The van der Waals surface area contributed by atoms with Gasteiger partial charge in [0, 0.05) is 25.6 Å². The lowest BCUT2D eigenvalue weighted by atomic mass is 9.93. The number of carbonyl (C=O) groups excluding carboxylic acids is 1. The molecule has 0 radical (unpaired) electrons. The molecule has 0 bridgehead atoms. The summed E-state index contributed by atoms with van der Waals surface area (Å²) in [7, 11) is -0.424. The van der Waals surface area contributed by atoms with E-state index in [1.165, 1.54) is 4.31 Å². The SMILES string of the molecule is COc1ccc(S(=O)(=O)N2CCC(C(=O)N3CCCc4cccc(OC)c43)CC2)cc1. The monoisotopic (exact) mass is 444 g/mol. The molecule has 7 nitrogen and oxygen atoms in total. The van der Waals surface area contributed by atoms with Crippen LogP contribution in [0.3, 0.4) is 0 Å². The second-order valence-corrected chi connectivity index (χ2v) is 9.85. The van der Waals surface area contributed by atoms with Crippen molar-refractivity contribution in [2.45, 2.75) is 30.6 Å². The van der Waals surface area contributed by atoms with Crippen LogP contribution in [0.4, 0.5) is 5.69 Å². The van der Waals surface area contributed by atoms with Crippen LogP contribution in [0.15, 0.2) is 47.4 Å². The van der Waals surface area contributed by atoms with Gasteiger partial charge in [0.05, 0.1) is 24.8 Å². The van der Waals surface area contributed by atoms with Crippen molar-refractivity contribution in [3.05, 3.63) is 48.0 Å². The van der Waals surface area contributed by atoms with E-state index in [2.05, 4.69) is 0 Å². The molecule has 0 N–H and O–H groups in total. The zero-order chi connectivity index (χ0) is 22.0. The first-order valence-electron chi connectivity index (χ1n) is 10.6. The van der Waals surface area contributed by atoms with E-state index in [4.69, 9.17) is 9.47 Å². The van der Waals surface area contributed by atoms with Gasteiger partial charge in [-0.15, -0.1) is 0 Å². The first-order valence-corrected chi connectivity index (χ1v) is 12.0. The fourth-order valence-corrected chi connectivity index (χ4v) is 5.93. The maximum atomic E-state index is 13.4. The van der Waals surface area contributed by atoms with E-state index in [9.17, 15) is 13.2 Å². The summed E-state index contributed by atoms with van der Waals surface area (Å²) < 4.78 is 38.1. The Balaban J connectivity index is 1.46. The summed E-state index contributed by atoms with van der Waals surface area (Å²) in [6.45, 7) is 1.32. The first kappa shape index (κ1) is 21.6. The summed E-state index contributed by atoms with van der Waals surface area (Å²) in [5.41, 5.74) is 1.99. The number of aryl methyl sites for hydroxylation is 1. The molecule has 2 aromatic rings. The number of anilines is 1. The van der Waals surface area contributed by atoms with E-state index in [0.717, 1.165) is 24.1 Å². The molecule has 1 saturated heterocycles. The van der Waals surface area contributed by atoms with E-state index in [0.29, 0.717) is 44.0 Å². The number of fused-ring (bicyclic) bond motifs is 1. The van der Waals surface area contributed by atoms with Gasteiger partial charge in [0.25, 0.3) is 0 Å². The van der Waals surface area contributed by atoms with Gasteiger partial charge in [-0.1, -0.05) is 12.1 Å². The second-order valence-electron chi connectivity index (χ2n) is 7.92. The fourth-order valence-electron chi connectivity index (χ4n) is 4.46. The molecule has 2 aromatic carbocycles. The van der Waals surface area contributed by atoms with Crippen molar-refractivity contribution in [1.82, 2.24) is 4.31 Å². The van der Waals surface area contributed by atoms with E-state index >= 15 is 0 Å². The molecule has 0 saturated carbocycles. The summed E-state index contributed by atoms with van der Waals surface area (Å²) >= 11 is 0. The Kier molecular flexibility index (Phi) is 6.20. The van der Waals surface area contributed by atoms with Gasteiger partial charge in [0.1, 0.15) is 11.5 Å². The highest BCUT2D eigenvalue weighted by molar-refractivity contribution is 7.89. The number of piperidine rings is 1. The minimum absolute atomic E-state index is 0.0620. The Bertz CT molecular complexity index is 1030. The third kappa shape index (κ3) is 4.14. The van der Waals surface area contributed by atoms with E-state index in [1.54, 1.807) is 38.5 Å². The van der Waals surface area contributed by atoms with Crippen molar-refractivity contribution in [3.63, 3.8) is 0 Å². The van der Waals surface area contributed by atoms with E-state index in [-0.39, 0.29) is 16.7 Å².